The average molecular weight is 570 g/mol. The lowest BCUT2D eigenvalue weighted by atomic mass is 10.0. The van der Waals surface area contributed by atoms with Crippen molar-refractivity contribution in [3.63, 3.8) is 0 Å². The fourth-order valence-corrected chi connectivity index (χ4v) is 5.95. The summed E-state index contributed by atoms with van der Waals surface area (Å²) in [5.74, 6) is 0.279. The minimum Gasteiger partial charge on any atom is -0.502 e. The largest absolute Gasteiger partial charge is 0.502 e. The predicted molar refractivity (Wildman–Crippen MR) is 177 cm³/mol. The van der Waals surface area contributed by atoms with Crippen LogP contribution in [0.5, 0.6) is 5.75 Å². The number of unbranched alkanes of at least 4 members (excludes halogenated alkanes) is 9. The fraction of sp³-hybridized carbons (Fsp3) is 0.459. The summed E-state index contributed by atoms with van der Waals surface area (Å²) in [6.45, 7) is 11.1. The molecule has 0 unspecified atom stereocenters. The van der Waals surface area contributed by atoms with Gasteiger partial charge in [0.25, 0.3) is 5.52 Å². The van der Waals surface area contributed by atoms with E-state index in [1.807, 2.05) is 43.3 Å². The van der Waals surface area contributed by atoms with E-state index in [4.69, 9.17) is 4.42 Å². The summed E-state index contributed by atoms with van der Waals surface area (Å²) in [4.78, 5) is 15.3. The minimum absolute atomic E-state index is 0.279. The van der Waals surface area contributed by atoms with Crippen LogP contribution < -0.4 is 15.1 Å². The van der Waals surface area contributed by atoms with E-state index in [9.17, 15) is 9.90 Å². The van der Waals surface area contributed by atoms with E-state index in [-0.39, 0.29) is 11.4 Å². The van der Waals surface area contributed by atoms with Crippen molar-refractivity contribution in [2.24, 2.45) is 0 Å². The zero-order valence-corrected chi connectivity index (χ0v) is 26.1. The number of rotatable bonds is 16. The Morgan fingerprint density at radius 3 is 2.26 bits per heavy atom. The molecule has 0 aliphatic rings. The number of allylic oxidation sites excluding steroid dienone is 1. The highest BCUT2D eigenvalue weighted by Crippen LogP contribution is 2.28. The molecule has 4 rings (SSSR count). The van der Waals surface area contributed by atoms with E-state index < -0.39 is 0 Å². The molecule has 0 radical (unpaired) electrons. The van der Waals surface area contributed by atoms with E-state index >= 15 is 0 Å². The Labute approximate surface area is 251 Å². The lowest BCUT2D eigenvalue weighted by Gasteiger charge is -2.21. The van der Waals surface area contributed by atoms with Gasteiger partial charge >= 0.3 is 5.63 Å². The molecule has 42 heavy (non-hydrogen) atoms. The van der Waals surface area contributed by atoms with Crippen molar-refractivity contribution in [1.82, 2.24) is 0 Å². The second kappa shape index (κ2) is 15.6. The van der Waals surface area contributed by atoms with Gasteiger partial charge in [-0.15, -0.1) is 0 Å². The number of anilines is 1. The maximum Gasteiger partial charge on any atom is 0.343 e. The molecule has 0 atom stereocenters. The number of para-hydroxylation sites is 1. The third-order valence-corrected chi connectivity index (χ3v) is 8.44. The number of phenols is 1. The van der Waals surface area contributed by atoms with Gasteiger partial charge in [-0.3, -0.25) is 0 Å². The molecule has 0 aliphatic heterocycles. The van der Waals surface area contributed by atoms with Crippen LogP contribution >= 0.6 is 0 Å². The molecule has 1 N–H and O–H groups in total. The number of hydrogen-bond acceptors (Lipinski definition) is 4. The maximum absolute atomic E-state index is 13.1. The Morgan fingerprint density at radius 2 is 1.57 bits per heavy atom. The van der Waals surface area contributed by atoms with E-state index in [1.54, 1.807) is 6.07 Å². The van der Waals surface area contributed by atoms with Gasteiger partial charge in [-0.25, -0.2) is 4.79 Å². The van der Waals surface area contributed by atoms with Crippen molar-refractivity contribution < 1.29 is 14.1 Å². The van der Waals surface area contributed by atoms with E-state index in [0.29, 0.717) is 11.1 Å². The van der Waals surface area contributed by atoms with Crippen LogP contribution in [-0.2, 0) is 6.54 Å². The number of pyridine rings is 1. The molecular weight excluding hydrogens is 520 g/mol. The predicted octanol–water partition coefficient (Wildman–Crippen LogP) is 9.27. The van der Waals surface area contributed by atoms with Crippen LogP contribution in [0.4, 0.5) is 5.69 Å². The number of fused-ring (bicyclic) bond motifs is 2. The highest BCUT2D eigenvalue weighted by atomic mass is 16.4. The molecule has 0 spiro atoms. The molecule has 5 nitrogen and oxygen atoms in total. The van der Waals surface area contributed by atoms with Crippen molar-refractivity contribution in [3.8, 4) is 5.75 Å². The minimum atomic E-state index is -0.341. The summed E-state index contributed by atoms with van der Waals surface area (Å²) in [5.41, 5.74) is 4.50. The molecule has 0 fully saturated rings. The van der Waals surface area contributed by atoms with Crippen LogP contribution in [0.15, 0.2) is 63.9 Å². The number of phenolic OH excluding ortho intramolecular Hbond substituents is 1. The molecule has 0 aliphatic carbocycles. The summed E-state index contributed by atoms with van der Waals surface area (Å²) in [5, 5.41) is 12.7. The third kappa shape index (κ3) is 7.81. The van der Waals surface area contributed by atoms with Crippen molar-refractivity contribution in [3.05, 3.63) is 76.3 Å². The first kappa shape index (κ1) is 31.3. The highest BCUT2D eigenvalue weighted by Gasteiger charge is 2.17. The van der Waals surface area contributed by atoms with Crippen LogP contribution in [0.1, 0.15) is 103 Å². The molecule has 0 saturated carbocycles. The Hall–Kier alpha value is -3.60. The van der Waals surface area contributed by atoms with Crippen molar-refractivity contribution in [2.45, 2.75) is 98.4 Å². The fourth-order valence-electron chi connectivity index (χ4n) is 5.95. The molecule has 5 heteroatoms. The summed E-state index contributed by atoms with van der Waals surface area (Å²) < 4.78 is 7.96. The Kier molecular flexibility index (Phi) is 11.6. The number of benzene rings is 2. The van der Waals surface area contributed by atoms with Gasteiger partial charge in [0.05, 0.1) is 10.9 Å². The molecule has 0 amide bonds. The van der Waals surface area contributed by atoms with Crippen LogP contribution in [0, 0.1) is 0 Å². The Morgan fingerprint density at radius 1 is 0.881 bits per heavy atom. The molecule has 2 aromatic heterocycles. The first-order chi connectivity index (χ1) is 20.5. The summed E-state index contributed by atoms with van der Waals surface area (Å²) in [7, 11) is 0. The Balaban J connectivity index is 1.49. The second-order valence-electron chi connectivity index (χ2n) is 11.5. The van der Waals surface area contributed by atoms with Gasteiger partial charge in [0, 0.05) is 42.7 Å². The van der Waals surface area contributed by atoms with Crippen LogP contribution in [0.3, 0.4) is 0 Å². The van der Waals surface area contributed by atoms with Gasteiger partial charge in [-0.05, 0) is 68.7 Å². The maximum atomic E-state index is 13.1. The average Bonchev–Trinajstić information content (AvgIpc) is 2.99. The standard InChI is InChI=1S/C37H48N2O3/c1-5-8-9-10-11-12-13-14-15-16-23-39-24-22-29(32-18-17-19-34(40)36(32)39)25-28(4)33-26-30-20-21-31(38(6-2)7-3)27-35(30)42-37(33)41/h17-22,24-27H,5-16,23H2,1-4H3/p+1. The van der Waals surface area contributed by atoms with E-state index in [2.05, 4.69) is 48.6 Å². The number of aromatic nitrogens is 1. The van der Waals surface area contributed by atoms with Gasteiger partial charge in [0.2, 0.25) is 0 Å². The molecule has 2 aromatic carbocycles. The van der Waals surface area contributed by atoms with Gasteiger partial charge in [0.1, 0.15) is 12.1 Å². The summed E-state index contributed by atoms with van der Waals surface area (Å²) in [6, 6.07) is 15.7. The van der Waals surface area contributed by atoms with Gasteiger partial charge in [-0.1, -0.05) is 70.4 Å². The number of hydrogen-bond donors (Lipinski definition) is 1. The summed E-state index contributed by atoms with van der Waals surface area (Å²) in [6.07, 6.45) is 17.1. The smallest absolute Gasteiger partial charge is 0.343 e. The van der Waals surface area contributed by atoms with Crippen LogP contribution in [-0.4, -0.2) is 18.2 Å². The third-order valence-electron chi connectivity index (χ3n) is 8.44. The monoisotopic (exact) mass is 569 g/mol. The van der Waals surface area contributed by atoms with Crippen molar-refractivity contribution >= 4 is 39.2 Å². The van der Waals surface area contributed by atoms with Gasteiger partial charge in [0.15, 0.2) is 11.9 Å². The molecular formula is C37H49N2O3+. The molecule has 4 aromatic rings. The number of aromatic hydroxyl groups is 1. The molecule has 0 bridgehead atoms. The first-order valence-corrected chi connectivity index (χ1v) is 16.1. The summed E-state index contributed by atoms with van der Waals surface area (Å²) >= 11 is 0. The topological polar surface area (TPSA) is 57.6 Å². The van der Waals surface area contributed by atoms with E-state index in [1.165, 1.54) is 57.8 Å². The molecule has 0 saturated heterocycles. The SMILES string of the molecule is CCCCCCCCCCCC[n+]1ccc(/C=C(\C)c2cc3ccc(N(CC)CC)cc3oc2=O)c2cccc(O)c21. The van der Waals surface area contributed by atoms with Crippen LogP contribution in [0.2, 0.25) is 0 Å². The second-order valence-corrected chi connectivity index (χ2v) is 11.5. The zero-order chi connectivity index (χ0) is 29.9. The lowest BCUT2D eigenvalue weighted by Crippen LogP contribution is -2.34. The van der Waals surface area contributed by atoms with Crippen LogP contribution in [0.25, 0.3) is 33.5 Å². The quantitative estimate of drug-likeness (QED) is 0.0830. The van der Waals surface area contributed by atoms with Crippen molar-refractivity contribution in [2.75, 3.05) is 18.0 Å². The number of nitrogens with zero attached hydrogens (tertiary/aromatic N) is 2. The number of aryl methyl sites for hydroxylation is 1. The Bertz CT molecular complexity index is 1550. The lowest BCUT2D eigenvalue weighted by molar-refractivity contribution is -0.672. The first-order valence-electron chi connectivity index (χ1n) is 16.1. The van der Waals surface area contributed by atoms with Gasteiger partial charge < -0.3 is 14.4 Å². The molecule has 2 heterocycles. The van der Waals surface area contributed by atoms with E-state index in [0.717, 1.165) is 59.2 Å². The zero-order valence-electron chi connectivity index (χ0n) is 26.1. The molecule has 224 valence electrons. The van der Waals surface area contributed by atoms with Gasteiger partial charge in [-0.2, -0.15) is 4.57 Å². The highest BCUT2D eigenvalue weighted by molar-refractivity contribution is 5.95. The normalized spacial score (nSPS) is 12.0. The van der Waals surface area contributed by atoms with Crippen molar-refractivity contribution in [1.29, 1.82) is 0 Å².